The Bertz CT molecular complexity index is 509. The summed E-state index contributed by atoms with van der Waals surface area (Å²) in [5.74, 6) is -0.178. The van der Waals surface area contributed by atoms with Crippen LogP contribution in [-0.4, -0.2) is 31.0 Å². The van der Waals surface area contributed by atoms with Crippen molar-refractivity contribution in [3.63, 3.8) is 0 Å². The summed E-state index contributed by atoms with van der Waals surface area (Å²) < 4.78 is 5.28. The molecule has 1 atom stereocenters. The summed E-state index contributed by atoms with van der Waals surface area (Å²) >= 11 is 11.6. The van der Waals surface area contributed by atoms with E-state index in [2.05, 4.69) is 10.6 Å². The first-order valence-electron chi connectivity index (χ1n) is 6.59. The van der Waals surface area contributed by atoms with Crippen molar-refractivity contribution in [2.24, 2.45) is 0 Å². The average Bonchev–Trinajstić information content (AvgIpc) is 2.45. The third kappa shape index (κ3) is 6.23. The van der Waals surface area contributed by atoms with Crippen LogP contribution < -0.4 is 15.4 Å². The molecule has 0 fully saturated rings. The number of carbonyl (C=O) groups is 2. The lowest BCUT2D eigenvalue weighted by Gasteiger charge is -2.14. The molecule has 2 N–H and O–H groups in total. The maximum absolute atomic E-state index is 11.7. The molecule has 1 aromatic carbocycles. The molecule has 1 rings (SSSR count). The van der Waals surface area contributed by atoms with Gasteiger partial charge in [0.25, 0.3) is 5.91 Å². The van der Waals surface area contributed by atoms with Crippen LogP contribution in [0.25, 0.3) is 0 Å². The van der Waals surface area contributed by atoms with E-state index < -0.39 is 6.04 Å². The zero-order valence-corrected chi connectivity index (χ0v) is 13.4. The molecule has 0 aliphatic rings. The molecule has 21 heavy (non-hydrogen) atoms. The SMILES string of the molecule is CCCNC(=O)C(C)NC(=O)COc1ccc(Cl)c(Cl)c1. The molecule has 0 spiro atoms. The minimum Gasteiger partial charge on any atom is -0.484 e. The van der Waals surface area contributed by atoms with Crippen LogP contribution >= 0.6 is 23.2 Å². The molecule has 0 aliphatic carbocycles. The van der Waals surface area contributed by atoms with E-state index in [9.17, 15) is 9.59 Å². The van der Waals surface area contributed by atoms with Crippen LogP contribution in [0.15, 0.2) is 18.2 Å². The van der Waals surface area contributed by atoms with Gasteiger partial charge in [-0.1, -0.05) is 30.1 Å². The van der Waals surface area contributed by atoms with Crippen LogP contribution in [0.4, 0.5) is 0 Å². The van der Waals surface area contributed by atoms with Gasteiger partial charge in [0.15, 0.2) is 6.61 Å². The van der Waals surface area contributed by atoms with E-state index >= 15 is 0 Å². The molecule has 0 radical (unpaired) electrons. The van der Waals surface area contributed by atoms with E-state index in [1.165, 1.54) is 6.07 Å². The highest BCUT2D eigenvalue weighted by molar-refractivity contribution is 6.42. The van der Waals surface area contributed by atoms with Crippen LogP contribution in [0.5, 0.6) is 5.75 Å². The molecule has 0 saturated heterocycles. The molecule has 0 saturated carbocycles. The highest BCUT2D eigenvalue weighted by Crippen LogP contribution is 2.26. The van der Waals surface area contributed by atoms with Gasteiger partial charge in [-0.05, 0) is 25.5 Å². The van der Waals surface area contributed by atoms with Gasteiger partial charge in [-0.15, -0.1) is 0 Å². The van der Waals surface area contributed by atoms with Gasteiger partial charge in [0.2, 0.25) is 5.91 Å². The van der Waals surface area contributed by atoms with Gasteiger partial charge in [-0.3, -0.25) is 9.59 Å². The zero-order valence-electron chi connectivity index (χ0n) is 11.9. The molecule has 7 heteroatoms. The summed E-state index contributed by atoms with van der Waals surface area (Å²) in [6.45, 7) is 3.94. The minimum absolute atomic E-state index is 0.205. The van der Waals surface area contributed by atoms with Gasteiger partial charge in [0.1, 0.15) is 11.8 Å². The Kier molecular flexibility index (Phi) is 7.32. The van der Waals surface area contributed by atoms with Crippen molar-refractivity contribution in [3.8, 4) is 5.75 Å². The van der Waals surface area contributed by atoms with E-state index in [1.54, 1.807) is 19.1 Å². The molecular weight excluding hydrogens is 315 g/mol. The van der Waals surface area contributed by atoms with Crippen LogP contribution in [0, 0.1) is 0 Å². The molecule has 0 aliphatic heterocycles. The maximum Gasteiger partial charge on any atom is 0.258 e. The van der Waals surface area contributed by atoms with E-state index in [4.69, 9.17) is 27.9 Å². The zero-order chi connectivity index (χ0) is 15.8. The van der Waals surface area contributed by atoms with Gasteiger partial charge in [-0.2, -0.15) is 0 Å². The third-order valence-corrected chi connectivity index (χ3v) is 3.32. The Hall–Kier alpha value is -1.46. The standard InChI is InChI=1S/C14H18Cl2N2O3/c1-3-6-17-14(20)9(2)18-13(19)8-21-10-4-5-11(15)12(16)7-10/h4-5,7,9H,3,6,8H2,1-2H3,(H,17,20)(H,18,19). The predicted octanol–water partition coefficient (Wildman–Crippen LogP) is 2.40. The van der Waals surface area contributed by atoms with Gasteiger partial charge in [-0.25, -0.2) is 0 Å². The largest absolute Gasteiger partial charge is 0.484 e. The lowest BCUT2D eigenvalue weighted by atomic mass is 10.3. The van der Waals surface area contributed by atoms with Gasteiger partial charge >= 0.3 is 0 Å². The van der Waals surface area contributed by atoms with Crippen molar-refractivity contribution in [2.45, 2.75) is 26.3 Å². The Morgan fingerprint density at radius 3 is 2.62 bits per heavy atom. The Morgan fingerprint density at radius 1 is 1.29 bits per heavy atom. The third-order valence-electron chi connectivity index (χ3n) is 2.58. The molecule has 5 nitrogen and oxygen atoms in total. The number of benzene rings is 1. The summed E-state index contributed by atoms with van der Waals surface area (Å²) in [7, 11) is 0. The molecular formula is C14H18Cl2N2O3. The number of carbonyl (C=O) groups excluding carboxylic acids is 2. The number of nitrogens with one attached hydrogen (secondary N) is 2. The van der Waals surface area contributed by atoms with Gasteiger partial charge in [0.05, 0.1) is 10.0 Å². The van der Waals surface area contributed by atoms with Crippen molar-refractivity contribution < 1.29 is 14.3 Å². The topological polar surface area (TPSA) is 67.4 Å². The molecule has 0 aromatic heterocycles. The smallest absolute Gasteiger partial charge is 0.258 e. The van der Waals surface area contributed by atoms with Crippen LogP contribution in [0.1, 0.15) is 20.3 Å². The molecule has 1 aromatic rings. The van der Waals surface area contributed by atoms with E-state index in [1.807, 2.05) is 6.92 Å². The average molecular weight is 333 g/mol. The molecule has 1 unspecified atom stereocenters. The monoisotopic (exact) mass is 332 g/mol. The fourth-order valence-corrected chi connectivity index (χ4v) is 1.75. The summed E-state index contributed by atoms with van der Waals surface area (Å²) in [4.78, 5) is 23.3. The van der Waals surface area contributed by atoms with Crippen LogP contribution in [0.3, 0.4) is 0 Å². The maximum atomic E-state index is 11.7. The van der Waals surface area contributed by atoms with Crippen LogP contribution in [0.2, 0.25) is 10.0 Å². The van der Waals surface area contributed by atoms with Crippen LogP contribution in [-0.2, 0) is 9.59 Å². The fraction of sp³-hybridized carbons (Fsp3) is 0.429. The Balaban J connectivity index is 2.39. The van der Waals surface area contributed by atoms with Crippen molar-refractivity contribution >= 4 is 35.0 Å². The fourth-order valence-electron chi connectivity index (χ4n) is 1.47. The normalized spacial score (nSPS) is 11.6. The first-order chi connectivity index (χ1) is 9.93. The summed E-state index contributed by atoms with van der Waals surface area (Å²) in [6.07, 6.45) is 0.840. The first-order valence-corrected chi connectivity index (χ1v) is 7.34. The van der Waals surface area contributed by atoms with E-state index in [-0.39, 0.29) is 18.4 Å². The highest BCUT2D eigenvalue weighted by atomic mass is 35.5. The second-order valence-electron chi connectivity index (χ2n) is 4.44. The second kappa shape index (κ2) is 8.74. The summed E-state index contributed by atoms with van der Waals surface area (Å²) in [6, 6.07) is 4.10. The second-order valence-corrected chi connectivity index (χ2v) is 5.26. The molecule has 0 heterocycles. The van der Waals surface area contributed by atoms with Crippen molar-refractivity contribution in [1.82, 2.24) is 10.6 Å². The Morgan fingerprint density at radius 2 is 2.00 bits per heavy atom. The van der Waals surface area contributed by atoms with Crippen molar-refractivity contribution in [1.29, 1.82) is 0 Å². The number of rotatable bonds is 7. The summed E-state index contributed by atoms with van der Waals surface area (Å²) in [5, 5.41) is 6.01. The van der Waals surface area contributed by atoms with Crippen molar-refractivity contribution in [3.05, 3.63) is 28.2 Å². The van der Waals surface area contributed by atoms with Crippen molar-refractivity contribution in [2.75, 3.05) is 13.2 Å². The number of amides is 2. The summed E-state index contributed by atoms with van der Waals surface area (Å²) in [5.41, 5.74) is 0. The number of halogens is 2. The lowest BCUT2D eigenvalue weighted by molar-refractivity contribution is -0.129. The number of hydrogen-bond acceptors (Lipinski definition) is 3. The molecule has 2 amide bonds. The van der Waals surface area contributed by atoms with Gasteiger partial charge in [0, 0.05) is 12.6 Å². The molecule has 0 bridgehead atoms. The quantitative estimate of drug-likeness (QED) is 0.805. The number of hydrogen-bond donors (Lipinski definition) is 2. The predicted molar refractivity (Wildman–Crippen MR) is 82.9 cm³/mol. The highest BCUT2D eigenvalue weighted by Gasteiger charge is 2.15. The van der Waals surface area contributed by atoms with E-state index in [0.717, 1.165) is 6.42 Å². The van der Waals surface area contributed by atoms with Gasteiger partial charge < -0.3 is 15.4 Å². The Labute approximate surface area is 133 Å². The number of ether oxygens (including phenoxy) is 1. The minimum atomic E-state index is -0.610. The van der Waals surface area contributed by atoms with E-state index in [0.29, 0.717) is 22.3 Å². The lowest BCUT2D eigenvalue weighted by Crippen LogP contribution is -2.46. The first kappa shape index (κ1) is 17.6. The molecule has 116 valence electrons.